The molecular formula is C24H33N5O2. The molecule has 1 saturated heterocycles. The molecule has 1 aromatic rings. The number of ether oxygens (including phenoxy) is 1. The molecule has 7 nitrogen and oxygen atoms in total. The monoisotopic (exact) mass is 423 g/mol. The molecule has 0 radical (unpaired) electrons. The fourth-order valence-corrected chi connectivity index (χ4v) is 5.35. The predicted octanol–water partition coefficient (Wildman–Crippen LogP) is 2.28. The summed E-state index contributed by atoms with van der Waals surface area (Å²) in [5, 5.41) is 10.1. The molecule has 3 fully saturated rings. The molecule has 1 aromatic heterocycles. The molecule has 0 aromatic carbocycles. The van der Waals surface area contributed by atoms with Crippen LogP contribution in [0.4, 0.5) is 5.82 Å². The number of carbonyl (C=O) groups excluding carboxylic acids is 1. The van der Waals surface area contributed by atoms with Gasteiger partial charge in [-0.3, -0.25) is 4.79 Å². The molecule has 7 heteroatoms. The van der Waals surface area contributed by atoms with Crippen LogP contribution in [0.3, 0.4) is 0 Å². The lowest BCUT2D eigenvalue weighted by molar-refractivity contribution is -0.135. The van der Waals surface area contributed by atoms with Crippen molar-refractivity contribution in [3.8, 4) is 6.07 Å². The van der Waals surface area contributed by atoms with Crippen molar-refractivity contribution in [2.24, 2.45) is 5.92 Å². The normalized spacial score (nSPS) is 24.1. The number of nitrogens with zero attached hydrogens (tertiary/aromatic N) is 5. The quantitative estimate of drug-likeness (QED) is 0.699. The number of anilines is 1. The summed E-state index contributed by atoms with van der Waals surface area (Å²) in [5.74, 6) is 2.21. The largest absolute Gasteiger partial charge is 0.384 e. The number of hydrogen-bond donors (Lipinski definition) is 0. The van der Waals surface area contributed by atoms with Gasteiger partial charge in [0.1, 0.15) is 11.9 Å². The Morgan fingerprint density at radius 3 is 2.68 bits per heavy atom. The third kappa shape index (κ3) is 4.04. The highest BCUT2D eigenvalue weighted by atomic mass is 16.5. The lowest BCUT2D eigenvalue weighted by Gasteiger charge is -2.43. The van der Waals surface area contributed by atoms with Gasteiger partial charge >= 0.3 is 0 Å². The van der Waals surface area contributed by atoms with Crippen LogP contribution in [0.2, 0.25) is 0 Å². The van der Waals surface area contributed by atoms with E-state index in [-0.39, 0.29) is 11.9 Å². The molecule has 3 heterocycles. The molecule has 2 aliphatic carbocycles. The van der Waals surface area contributed by atoms with Crippen LogP contribution in [0.15, 0.2) is 0 Å². The average Bonchev–Trinajstić information content (AvgIpc) is 3.69. The molecule has 1 amide bonds. The molecule has 2 aliphatic heterocycles. The zero-order valence-electron chi connectivity index (χ0n) is 18.8. The van der Waals surface area contributed by atoms with E-state index < -0.39 is 0 Å². The highest BCUT2D eigenvalue weighted by Gasteiger charge is 2.42. The van der Waals surface area contributed by atoms with Crippen molar-refractivity contribution in [1.29, 1.82) is 5.26 Å². The van der Waals surface area contributed by atoms with E-state index in [1.807, 2.05) is 0 Å². The third-order valence-electron chi connectivity index (χ3n) is 7.40. The Hall–Kier alpha value is -2.17. The molecule has 31 heavy (non-hydrogen) atoms. The number of carbonyl (C=O) groups is 1. The zero-order chi connectivity index (χ0) is 21.5. The Morgan fingerprint density at radius 1 is 1.19 bits per heavy atom. The summed E-state index contributed by atoms with van der Waals surface area (Å²) in [4.78, 5) is 24.7. The molecule has 5 rings (SSSR count). The van der Waals surface area contributed by atoms with E-state index >= 15 is 0 Å². The van der Waals surface area contributed by atoms with Crippen LogP contribution in [0.1, 0.15) is 60.4 Å². The van der Waals surface area contributed by atoms with E-state index in [1.54, 1.807) is 7.11 Å². The summed E-state index contributed by atoms with van der Waals surface area (Å²) in [6, 6.07) is 2.74. The van der Waals surface area contributed by atoms with Crippen molar-refractivity contribution in [3.63, 3.8) is 0 Å². The van der Waals surface area contributed by atoms with Gasteiger partial charge in [0.15, 0.2) is 0 Å². The Labute approximate surface area is 185 Å². The summed E-state index contributed by atoms with van der Waals surface area (Å²) in [6.45, 7) is 4.55. The maximum absolute atomic E-state index is 12.8. The van der Waals surface area contributed by atoms with E-state index in [4.69, 9.17) is 9.72 Å². The second kappa shape index (κ2) is 8.40. The van der Waals surface area contributed by atoms with Gasteiger partial charge in [-0.25, -0.2) is 4.98 Å². The van der Waals surface area contributed by atoms with Crippen molar-refractivity contribution in [1.82, 2.24) is 14.8 Å². The number of nitriles is 1. The smallest absolute Gasteiger partial charge is 0.225 e. The number of hydrogen-bond acceptors (Lipinski definition) is 6. The number of aromatic nitrogens is 1. The molecule has 2 saturated carbocycles. The van der Waals surface area contributed by atoms with Crippen molar-refractivity contribution in [2.45, 2.75) is 57.0 Å². The first-order valence-electron chi connectivity index (χ1n) is 11.8. The summed E-state index contributed by atoms with van der Waals surface area (Å²) in [6.07, 6.45) is 6.24. The van der Waals surface area contributed by atoms with E-state index in [0.717, 1.165) is 44.0 Å². The molecule has 4 aliphatic rings. The lowest BCUT2D eigenvalue weighted by Crippen LogP contribution is -2.56. The van der Waals surface area contributed by atoms with Crippen LogP contribution in [-0.4, -0.2) is 73.7 Å². The second-order valence-corrected chi connectivity index (χ2v) is 9.71. The predicted molar refractivity (Wildman–Crippen MR) is 118 cm³/mol. The van der Waals surface area contributed by atoms with Gasteiger partial charge in [-0.2, -0.15) is 5.26 Å². The van der Waals surface area contributed by atoms with Crippen LogP contribution >= 0.6 is 0 Å². The molecular weight excluding hydrogens is 390 g/mol. The minimum Gasteiger partial charge on any atom is -0.384 e. The van der Waals surface area contributed by atoms with Crippen molar-refractivity contribution in [3.05, 3.63) is 22.4 Å². The number of fused-ring (bicyclic) bond motifs is 1. The first-order chi connectivity index (χ1) is 15.1. The number of likely N-dealkylation sites (N-methyl/N-ethyl adjacent to an activating group) is 1. The van der Waals surface area contributed by atoms with Crippen LogP contribution in [0, 0.1) is 17.2 Å². The Bertz CT molecular complexity index is 902. The topological polar surface area (TPSA) is 72.7 Å². The van der Waals surface area contributed by atoms with Gasteiger partial charge in [0.05, 0.1) is 24.6 Å². The number of piperazine rings is 1. The molecule has 166 valence electrons. The first kappa shape index (κ1) is 20.7. The van der Waals surface area contributed by atoms with Crippen LogP contribution in [0.25, 0.3) is 0 Å². The molecule has 0 spiro atoms. The Kier molecular flexibility index (Phi) is 5.61. The van der Waals surface area contributed by atoms with Crippen molar-refractivity contribution in [2.75, 3.05) is 51.8 Å². The fourth-order valence-electron chi connectivity index (χ4n) is 5.35. The maximum atomic E-state index is 12.8. The van der Waals surface area contributed by atoms with Crippen LogP contribution < -0.4 is 4.90 Å². The fraction of sp³-hybridized carbons (Fsp3) is 0.708. The maximum Gasteiger partial charge on any atom is 0.225 e. The van der Waals surface area contributed by atoms with Crippen molar-refractivity contribution >= 4 is 11.7 Å². The minimum atomic E-state index is 0.192. The van der Waals surface area contributed by atoms with Gasteiger partial charge in [0.25, 0.3) is 0 Å². The highest BCUT2D eigenvalue weighted by molar-refractivity contribution is 5.77. The van der Waals surface area contributed by atoms with Gasteiger partial charge in [-0.05, 0) is 56.2 Å². The third-order valence-corrected chi connectivity index (χ3v) is 7.40. The Morgan fingerprint density at radius 2 is 2.00 bits per heavy atom. The minimum absolute atomic E-state index is 0.192. The van der Waals surface area contributed by atoms with Crippen LogP contribution in [0.5, 0.6) is 0 Å². The second-order valence-electron chi connectivity index (χ2n) is 9.71. The molecule has 0 bridgehead atoms. The first-order valence-corrected chi connectivity index (χ1v) is 11.8. The van der Waals surface area contributed by atoms with Gasteiger partial charge in [0.2, 0.25) is 5.91 Å². The van der Waals surface area contributed by atoms with Crippen LogP contribution in [-0.2, 0) is 22.5 Å². The SMILES string of the molecule is COCCC(=O)N1CCN(c2nc(C3CC3)c3c(c2C#N)CN(C)CC3)CC1C1CC1. The molecule has 0 N–H and O–H groups in total. The van der Waals surface area contributed by atoms with Gasteiger partial charge in [0, 0.05) is 51.4 Å². The standard InChI is InChI=1S/C24H33N5O2/c1-27-9-7-18-20(14-27)19(13-25)24(26-23(18)17-5-6-17)28-10-11-29(22(30)8-12-31-2)21(15-28)16-3-4-16/h16-17,21H,3-12,14-15H2,1-2H3. The van der Waals surface area contributed by atoms with Gasteiger partial charge < -0.3 is 19.4 Å². The summed E-state index contributed by atoms with van der Waals surface area (Å²) < 4.78 is 5.13. The summed E-state index contributed by atoms with van der Waals surface area (Å²) in [5.41, 5.74) is 4.55. The number of pyridine rings is 1. The highest BCUT2D eigenvalue weighted by Crippen LogP contribution is 2.45. The summed E-state index contributed by atoms with van der Waals surface area (Å²) >= 11 is 0. The summed E-state index contributed by atoms with van der Waals surface area (Å²) in [7, 11) is 3.78. The van der Waals surface area contributed by atoms with Gasteiger partial charge in [-0.1, -0.05) is 0 Å². The zero-order valence-corrected chi connectivity index (χ0v) is 18.8. The van der Waals surface area contributed by atoms with Gasteiger partial charge in [-0.15, -0.1) is 0 Å². The lowest BCUT2D eigenvalue weighted by atomic mass is 9.92. The van der Waals surface area contributed by atoms with E-state index in [2.05, 4.69) is 27.8 Å². The average molecular weight is 424 g/mol. The number of rotatable bonds is 6. The Balaban J connectivity index is 1.46. The number of amides is 1. The number of methoxy groups -OCH3 is 1. The van der Waals surface area contributed by atoms with E-state index in [9.17, 15) is 10.1 Å². The van der Waals surface area contributed by atoms with Crippen molar-refractivity contribution < 1.29 is 9.53 Å². The molecule has 1 unspecified atom stereocenters. The van der Waals surface area contributed by atoms with E-state index in [0.29, 0.717) is 31.4 Å². The molecule has 1 atom stereocenters. The van der Waals surface area contributed by atoms with E-state index in [1.165, 1.54) is 42.5 Å².